The molecule has 0 aliphatic carbocycles. The Balaban J connectivity index is 2.44. The second-order valence-corrected chi connectivity index (χ2v) is 4.53. The number of urea groups is 1. The third kappa shape index (κ3) is 5.10. The molecule has 0 bridgehead atoms. The van der Waals surface area contributed by atoms with Gasteiger partial charge in [-0.15, -0.1) is 0 Å². The van der Waals surface area contributed by atoms with Gasteiger partial charge in [0, 0.05) is 39.2 Å². The number of aliphatic hydroxyl groups excluding tert-OH is 1. The summed E-state index contributed by atoms with van der Waals surface area (Å²) in [6, 6.07) is -1.63. The lowest BCUT2D eigenvalue weighted by Crippen LogP contribution is -2.55. The Hall–Kier alpha value is -2.03. The normalized spacial score (nSPS) is 16.3. The first kappa shape index (κ1) is 17.0. The molecular weight excluding hydrogens is 282 g/mol. The van der Waals surface area contributed by atoms with Crippen molar-refractivity contribution in [1.82, 2.24) is 15.1 Å². The number of piperazine rings is 1. The van der Waals surface area contributed by atoms with Gasteiger partial charge in [0.1, 0.15) is 6.04 Å². The van der Waals surface area contributed by atoms with E-state index in [1.807, 2.05) is 0 Å². The molecule has 1 aliphatic heterocycles. The maximum absolute atomic E-state index is 11.9. The van der Waals surface area contributed by atoms with Gasteiger partial charge in [0.25, 0.3) is 0 Å². The monoisotopic (exact) mass is 303 g/mol. The highest BCUT2D eigenvalue weighted by atomic mass is 16.6. The van der Waals surface area contributed by atoms with Gasteiger partial charge in [0.05, 0.1) is 6.61 Å². The quantitative estimate of drug-likeness (QED) is 0.618. The molecule has 1 rings (SSSR count). The zero-order valence-electron chi connectivity index (χ0n) is 11.9. The zero-order chi connectivity index (χ0) is 15.8. The van der Waals surface area contributed by atoms with E-state index in [0.29, 0.717) is 32.8 Å². The summed E-state index contributed by atoms with van der Waals surface area (Å²) in [7, 11) is 0. The number of carbonyl (C=O) groups excluding carboxylic acids is 2. The van der Waals surface area contributed by atoms with Gasteiger partial charge in [-0.05, 0) is 6.92 Å². The Bertz CT molecular complexity index is 381. The number of hydrogen-bond acceptors (Lipinski definition) is 5. The van der Waals surface area contributed by atoms with Crippen molar-refractivity contribution < 1.29 is 29.3 Å². The second kappa shape index (κ2) is 8.30. The molecule has 3 N–H and O–H groups in total. The first-order valence-electron chi connectivity index (χ1n) is 6.80. The third-order valence-electron chi connectivity index (χ3n) is 3.11. The molecule has 120 valence electrons. The van der Waals surface area contributed by atoms with Crippen molar-refractivity contribution in [3.63, 3.8) is 0 Å². The molecule has 0 radical (unpaired) electrons. The van der Waals surface area contributed by atoms with Gasteiger partial charge >= 0.3 is 18.1 Å². The predicted molar refractivity (Wildman–Crippen MR) is 71.8 cm³/mol. The molecule has 3 amide bonds. The second-order valence-electron chi connectivity index (χ2n) is 4.53. The minimum absolute atomic E-state index is 0.0517. The predicted octanol–water partition coefficient (Wildman–Crippen LogP) is -0.694. The van der Waals surface area contributed by atoms with Gasteiger partial charge in [-0.3, -0.25) is 0 Å². The summed E-state index contributed by atoms with van der Waals surface area (Å²) in [5, 5.41) is 20.0. The van der Waals surface area contributed by atoms with Crippen LogP contribution < -0.4 is 5.32 Å². The number of carboxylic acid groups (broad SMARTS) is 1. The van der Waals surface area contributed by atoms with Crippen molar-refractivity contribution in [2.24, 2.45) is 0 Å². The minimum atomic E-state index is -1.19. The van der Waals surface area contributed by atoms with Crippen molar-refractivity contribution in [2.45, 2.75) is 19.4 Å². The van der Waals surface area contributed by atoms with E-state index < -0.39 is 24.1 Å². The first-order valence-corrected chi connectivity index (χ1v) is 6.80. The summed E-state index contributed by atoms with van der Waals surface area (Å²) >= 11 is 0. The fourth-order valence-electron chi connectivity index (χ4n) is 1.93. The van der Waals surface area contributed by atoms with Crippen LogP contribution in [0.5, 0.6) is 0 Å². The van der Waals surface area contributed by atoms with Crippen molar-refractivity contribution in [3.8, 4) is 0 Å². The number of ether oxygens (including phenoxy) is 1. The molecule has 0 aromatic heterocycles. The van der Waals surface area contributed by atoms with Crippen LogP contribution in [0.25, 0.3) is 0 Å². The summed E-state index contributed by atoms with van der Waals surface area (Å²) in [6.45, 7) is 2.96. The molecule has 0 aromatic rings. The summed E-state index contributed by atoms with van der Waals surface area (Å²) < 4.78 is 4.87. The molecule has 21 heavy (non-hydrogen) atoms. The van der Waals surface area contributed by atoms with E-state index in [2.05, 4.69) is 5.32 Å². The molecule has 1 aliphatic rings. The summed E-state index contributed by atoms with van der Waals surface area (Å²) in [6.07, 6.45) is -0.467. The highest BCUT2D eigenvalue weighted by Crippen LogP contribution is 2.05. The van der Waals surface area contributed by atoms with Crippen LogP contribution in [-0.4, -0.2) is 83.5 Å². The SMILES string of the molecule is CCOC(=O)N1CCN(C(=O)N[C@H](CCO)C(=O)O)CC1. The van der Waals surface area contributed by atoms with E-state index in [0.717, 1.165) is 0 Å². The fraction of sp³-hybridized carbons (Fsp3) is 0.750. The van der Waals surface area contributed by atoms with Crippen LogP contribution in [0, 0.1) is 0 Å². The maximum atomic E-state index is 11.9. The highest BCUT2D eigenvalue weighted by molar-refractivity contribution is 5.82. The summed E-state index contributed by atoms with van der Waals surface area (Å²) in [5.74, 6) is -1.19. The number of carboxylic acids is 1. The van der Waals surface area contributed by atoms with Gasteiger partial charge in [0.2, 0.25) is 0 Å². The van der Waals surface area contributed by atoms with Crippen LogP contribution in [0.4, 0.5) is 9.59 Å². The van der Waals surface area contributed by atoms with Gasteiger partial charge in [0.15, 0.2) is 0 Å². The Morgan fingerprint density at radius 2 is 1.76 bits per heavy atom. The van der Waals surface area contributed by atoms with Crippen LogP contribution in [0.1, 0.15) is 13.3 Å². The topological polar surface area (TPSA) is 119 Å². The molecule has 9 nitrogen and oxygen atoms in total. The summed E-state index contributed by atoms with van der Waals surface area (Å²) in [5.41, 5.74) is 0. The fourth-order valence-corrected chi connectivity index (χ4v) is 1.93. The Morgan fingerprint density at radius 1 is 1.19 bits per heavy atom. The molecule has 1 saturated heterocycles. The molecular formula is C12H21N3O6. The molecule has 0 unspecified atom stereocenters. The molecule has 1 fully saturated rings. The lowest BCUT2D eigenvalue weighted by molar-refractivity contribution is -0.139. The van der Waals surface area contributed by atoms with Gasteiger partial charge in [-0.25, -0.2) is 14.4 Å². The van der Waals surface area contributed by atoms with Gasteiger partial charge in [-0.1, -0.05) is 0 Å². The van der Waals surface area contributed by atoms with Gasteiger partial charge < -0.3 is 30.1 Å². The van der Waals surface area contributed by atoms with Crippen LogP contribution >= 0.6 is 0 Å². The minimum Gasteiger partial charge on any atom is -0.480 e. The molecule has 0 aromatic carbocycles. The largest absolute Gasteiger partial charge is 0.480 e. The summed E-state index contributed by atoms with van der Waals surface area (Å²) in [4.78, 5) is 37.3. The molecule has 0 spiro atoms. The van der Waals surface area contributed by atoms with E-state index in [4.69, 9.17) is 14.9 Å². The lowest BCUT2D eigenvalue weighted by Gasteiger charge is -2.34. The molecule has 0 saturated carbocycles. The smallest absolute Gasteiger partial charge is 0.409 e. The Morgan fingerprint density at radius 3 is 2.24 bits per heavy atom. The average Bonchev–Trinajstić information content (AvgIpc) is 2.47. The molecule has 1 heterocycles. The van der Waals surface area contributed by atoms with Crippen LogP contribution in [0.15, 0.2) is 0 Å². The molecule has 1 atom stereocenters. The van der Waals surface area contributed by atoms with E-state index in [9.17, 15) is 14.4 Å². The van der Waals surface area contributed by atoms with Gasteiger partial charge in [-0.2, -0.15) is 0 Å². The van der Waals surface area contributed by atoms with Crippen LogP contribution in [0.2, 0.25) is 0 Å². The number of nitrogens with one attached hydrogen (secondary N) is 1. The Labute approximate surface area is 122 Å². The van der Waals surface area contributed by atoms with Crippen molar-refractivity contribution in [2.75, 3.05) is 39.4 Å². The number of nitrogens with zero attached hydrogens (tertiary/aromatic N) is 2. The number of rotatable bonds is 5. The lowest BCUT2D eigenvalue weighted by atomic mass is 10.2. The van der Waals surface area contributed by atoms with E-state index in [1.54, 1.807) is 6.92 Å². The van der Waals surface area contributed by atoms with E-state index in [1.165, 1.54) is 9.80 Å². The van der Waals surface area contributed by atoms with Crippen LogP contribution in [0.3, 0.4) is 0 Å². The average molecular weight is 303 g/mol. The van der Waals surface area contributed by atoms with Crippen molar-refractivity contribution in [3.05, 3.63) is 0 Å². The van der Waals surface area contributed by atoms with Crippen LogP contribution in [-0.2, 0) is 9.53 Å². The number of carbonyl (C=O) groups is 3. The zero-order valence-corrected chi connectivity index (χ0v) is 11.9. The first-order chi connectivity index (χ1) is 9.99. The van der Waals surface area contributed by atoms with E-state index in [-0.39, 0.29) is 13.0 Å². The number of aliphatic hydroxyl groups is 1. The highest BCUT2D eigenvalue weighted by Gasteiger charge is 2.27. The van der Waals surface area contributed by atoms with Crippen molar-refractivity contribution in [1.29, 1.82) is 0 Å². The maximum Gasteiger partial charge on any atom is 0.409 e. The molecule has 9 heteroatoms. The third-order valence-corrected chi connectivity index (χ3v) is 3.11. The standard InChI is InChI=1S/C12H21N3O6/c1-2-21-12(20)15-6-4-14(5-7-15)11(19)13-9(3-8-16)10(17)18/h9,16H,2-8H2,1H3,(H,13,19)(H,17,18)/t9-/m1/s1. The number of amides is 3. The van der Waals surface area contributed by atoms with Crippen molar-refractivity contribution >= 4 is 18.1 Å². The number of hydrogen-bond donors (Lipinski definition) is 3. The van der Waals surface area contributed by atoms with E-state index >= 15 is 0 Å². The number of aliphatic carboxylic acids is 1. The Kier molecular flexibility index (Phi) is 6.73.